The summed E-state index contributed by atoms with van der Waals surface area (Å²) in [6, 6.07) is 10.8. The number of halogens is 1. The van der Waals surface area contributed by atoms with Crippen LogP contribution in [-0.2, 0) is 4.79 Å². The van der Waals surface area contributed by atoms with E-state index in [-0.39, 0.29) is 18.3 Å². The lowest BCUT2D eigenvalue weighted by Crippen LogP contribution is -2.50. The molecule has 1 heterocycles. The summed E-state index contributed by atoms with van der Waals surface area (Å²) in [6.45, 7) is 8.44. The normalized spacial score (nSPS) is 14.5. The maximum atomic E-state index is 13.9. The van der Waals surface area contributed by atoms with Gasteiger partial charge >= 0.3 is 0 Å². The molecule has 4 nitrogen and oxygen atoms in total. The molecule has 2 aromatic carbocycles. The Morgan fingerprint density at radius 2 is 1.65 bits per heavy atom. The minimum absolute atomic E-state index is 0.0292. The SMILES string of the molecule is Cc1ccc(C)c(OCC(=O)N2CCN(c3ccccc3F)CC2)c1C. The van der Waals surface area contributed by atoms with Gasteiger partial charge in [0.25, 0.3) is 5.91 Å². The molecule has 1 amide bonds. The third kappa shape index (κ3) is 3.82. The van der Waals surface area contributed by atoms with Gasteiger partial charge in [-0.05, 0) is 49.6 Å². The first-order valence-electron chi connectivity index (χ1n) is 8.94. The summed E-state index contributed by atoms with van der Waals surface area (Å²) in [4.78, 5) is 16.3. The van der Waals surface area contributed by atoms with Gasteiger partial charge in [0.05, 0.1) is 5.69 Å². The second-order valence-corrected chi connectivity index (χ2v) is 6.76. The van der Waals surface area contributed by atoms with Crippen LogP contribution in [0.4, 0.5) is 10.1 Å². The second-order valence-electron chi connectivity index (χ2n) is 6.76. The smallest absolute Gasteiger partial charge is 0.260 e. The molecule has 0 saturated carbocycles. The summed E-state index contributed by atoms with van der Waals surface area (Å²) in [6.07, 6.45) is 0. The zero-order valence-electron chi connectivity index (χ0n) is 15.6. The van der Waals surface area contributed by atoms with Crippen LogP contribution in [0.5, 0.6) is 5.75 Å². The Bertz CT molecular complexity index is 799. The fourth-order valence-electron chi connectivity index (χ4n) is 3.28. The maximum Gasteiger partial charge on any atom is 0.260 e. The van der Waals surface area contributed by atoms with Crippen molar-refractivity contribution in [3.05, 3.63) is 58.9 Å². The Hall–Kier alpha value is -2.56. The van der Waals surface area contributed by atoms with Gasteiger partial charge in [0.1, 0.15) is 11.6 Å². The fourth-order valence-corrected chi connectivity index (χ4v) is 3.28. The summed E-state index contributed by atoms with van der Waals surface area (Å²) in [5, 5.41) is 0. The number of anilines is 1. The predicted molar refractivity (Wildman–Crippen MR) is 101 cm³/mol. The monoisotopic (exact) mass is 356 g/mol. The number of para-hydroxylation sites is 1. The van der Waals surface area contributed by atoms with Gasteiger partial charge in [-0.1, -0.05) is 24.3 Å². The van der Waals surface area contributed by atoms with E-state index in [9.17, 15) is 9.18 Å². The fraction of sp³-hybridized carbons (Fsp3) is 0.381. The number of ether oxygens (including phenoxy) is 1. The standard InChI is InChI=1S/C21H25FN2O2/c1-15-8-9-16(2)21(17(15)3)26-14-20(25)24-12-10-23(11-13-24)19-7-5-4-6-18(19)22/h4-9H,10-14H2,1-3H3. The van der Waals surface area contributed by atoms with E-state index in [4.69, 9.17) is 4.74 Å². The van der Waals surface area contributed by atoms with E-state index in [2.05, 4.69) is 6.07 Å². The zero-order valence-corrected chi connectivity index (χ0v) is 15.6. The average molecular weight is 356 g/mol. The number of hydrogen-bond donors (Lipinski definition) is 0. The van der Waals surface area contributed by atoms with E-state index in [1.807, 2.05) is 37.8 Å². The quantitative estimate of drug-likeness (QED) is 0.841. The van der Waals surface area contributed by atoms with Gasteiger partial charge in [-0.2, -0.15) is 0 Å². The van der Waals surface area contributed by atoms with E-state index < -0.39 is 0 Å². The number of amides is 1. The molecule has 0 unspecified atom stereocenters. The molecule has 0 N–H and O–H groups in total. The highest BCUT2D eigenvalue weighted by atomic mass is 19.1. The number of rotatable bonds is 4. The van der Waals surface area contributed by atoms with Crippen molar-refractivity contribution in [1.82, 2.24) is 4.90 Å². The van der Waals surface area contributed by atoms with Crippen molar-refractivity contribution in [3.8, 4) is 5.75 Å². The molecule has 3 rings (SSSR count). The molecule has 1 saturated heterocycles. The predicted octanol–water partition coefficient (Wildman–Crippen LogP) is 3.48. The lowest BCUT2D eigenvalue weighted by atomic mass is 10.1. The number of hydrogen-bond acceptors (Lipinski definition) is 3. The minimum atomic E-state index is -0.221. The maximum absolute atomic E-state index is 13.9. The molecule has 0 aliphatic carbocycles. The van der Waals surface area contributed by atoms with Crippen LogP contribution in [0, 0.1) is 26.6 Å². The van der Waals surface area contributed by atoms with Crippen LogP contribution in [0.1, 0.15) is 16.7 Å². The number of aryl methyl sites for hydroxylation is 2. The average Bonchev–Trinajstić information content (AvgIpc) is 2.65. The Balaban J connectivity index is 1.56. The van der Waals surface area contributed by atoms with E-state index in [0.717, 1.165) is 22.4 Å². The third-order valence-corrected chi connectivity index (χ3v) is 5.04. The Morgan fingerprint density at radius 3 is 2.35 bits per heavy atom. The molecule has 1 aliphatic rings. The molecule has 1 aliphatic heterocycles. The molecule has 0 bridgehead atoms. The van der Waals surface area contributed by atoms with E-state index >= 15 is 0 Å². The Labute approximate surface area is 154 Å². The van der Waals surface area contributed by atoms with Crippen molar-refractivity contribution in [2.24, 2.45) is 0 Å². The van der Waals surface area contributed by atoms with Gasteiger partial charge in [0.2, 0.25) is 0 Å². The molecule has 0 radical (unpaired) electrons. The molecule has 0 atom stereocenters. The number of carbonyl (C=O) groups excluding carboxylic acids is 1. The Morgan fingerprint density at radius 1 is 1.00 bits per heavy atom. The van der Waals surface area contributed by atoms with E-state index in [1.54, 1.807) is 17.0 Å². The Kier molecular flexibility index (Phi) is 5.45. The van der Waals surface area contributed by atoms with Gasteiger partial charge in [-0.15, -0.1) is 0 Å². The van der Waals surface area contributed by atoms with Crippen LogP contribution >= 0.6 is 0 Å². The first-order valence-corrected chi connectivity index (χ1v) is 8.94. The van der Waals surface area contributed by atoms with Crippen molar-refractivity contribution < 1.29 is 13.9 Å². The largest absolute Gasteiger partial charge is 0.483 e. The molecule has 5 heteroatoms. The number of benzene rings is 2. The van der Waals surface area contributed by atoms with Gasteiger partial charge < -0.3 is 14.5 Å². The van der Waals surface area contributed by atoms with Crippen LogP contribution in [0.25, 0.3) is 0 Å². The first kappa shape index (κ1) is 18.2. The molecule has 26 heavy (non-hydrogen) atoms. The van der Waals surface area contributed by atoms with Crippen LogP contribution in [0.3, 0.4) is 0 Å². The molecule has 0 aromatic heterocycles. The summed E-state index contributed by atoms with van der Waals surface area (Å²) < 4.78 is 19.7. The molecule has 0 spiro atoms. The first-order chi connectivity index (χ1) is 12.5. The molecule has 138 valence electrons. The van der Waals surface area contributed by atoms with Crippen molar-refractivity contribution in [2.75, 3.05) is 37.7 Å². The van der Waals surface area contributed by atoms with Crippen molar-refractivity contribution in [1.29, 1.82) is 0 Å². The summed E-state index contributed by atoms with van der Waals surface area (Å²) in [5.74, 6) is 0.544. The second kappa shape index (κ2) is 7.77. The van der Waals surface area contributed by atoms with E-state index in [1.165, 1.54) is 6.07 Å². The highest BCUT2D eigenvalue weighted by molar-refractivity contribution is 5.78. The number of carbonyl (C=O) groups is 1. The summed E-state index contributed by atoms with van der Waals surface area (Å²) in [5.41, 5.74) is 3.85. The lowest BCUT2D eigenvalue weighted by Gasteiger charge is -2.36. The highest BCUT2D eigenvalue weighted by Crippen LogP contribution is 2.26. The summed E-state index contributed by atoms with van der Waals surface area (Å²) >= 11 is 0. The van der Waals surface area contributed by atoms with Crippen molar-refractivity contribution in [3.63, 3.8) is 0 Å². The molecular formula is C21H25FN2O2. The van der Waals surface area contributed by atoms with Crippen LogP contribution < -0.4 is 9.64 Å². The van der Waals surface area contributed by atoms with Gasteiger partial charge in [0, 0.05) is 26.2 Å². The van der Waals surface area contributed by atoms with Crippen molar-refractivity contribution >= 4 is 11.6 Å². The molecule has 2 aromatic rings. The van der Waals surface area contributed by atoms with Gasteiger partial charge in [-0.3, -0.25) is 4.79 Å². The number of nitrogens with zero attached hydrogens (tertiary/aromatic N) is 2. The van der Waals surface area contributed by atoms with E-state index in [0.29, 0.717) is 31.9 Å². The number of piperazine rings is 1. The van der Waals surface area contributed by atoms with Gasteiger partial charge in [-0.25, -0.2) is 4.39 Å². The summed E-state index contributed by atoms with van der Waals surface area (Å²) in [7, 11) is 0. The minimum Gasteiger partial charge on any atom is -0.483 e. The van der Waals surface area contributed by atoms with Gasteiger partial charge in [0.15, 0.2) is 6.61 Å². The van der Waals surface area contributed by atoms with Crippen LogP contribution in [0.15, 0.2) is 36.4 Å². The lowest BCUT2D eigenvalue weighted by molar-refractivity contribution is -0.133. The third-order valence-electron chi connectivity index (χ3n) is 5.04. The van der Waals surface area contributed by atoms with Crippen LogP contribution in [0.2, 0.25) is 0 Å². The molecular weight excluding hydrogens is 331 g/mol. The highest BCUT2D eigenvalue weighted by Gasteiger charge is 2.23. The topological polar surface area (TPSA) is 32.8 Å². The van der Waals surface area contributed by atoms with Crippen molar-refractivity contribution in [2.45, 2.75) is 20.8 Å². The van der Waals surface area contributed by atoms with Crippen LogP contribution in [-0.4, -0.2) is 43.6 Å². The zero-order chi connectivity index (χ0) is 18.7. The molecule has 1 fully saturated rings.